The van der Waals surface area contributed by atoms with Crippen molar-refractivity contribution in [1.82, 2.24) is 24.8 Å². The van der Waals surface area contributed by atoms with Crippen molar-refractivity contribution in [1.29, 1.82) is 0 Å². The zero-order chi connectivity index (χ0) is 31.8. The lowest BCUT2D eigenvalue weighted by Crippen LogP contribution is -2.25. The summed E-state index contributed by atoms with van der Waals surface area (Å²) in [4.78, 5) is 40.0. The number of aryl methyl sites for hydroxylation is 2. The highest BCUT2D eigenvalue weighted by atomic mass is 32.1. The van der Waals surface area contributed by atoms with Crippen molar-refractivity contribution in [2.45, 2.75) is 54.0 Å². The zero-order valence-electron chi connectivity index (χ0n) is 25.9. The van der Waals surface area contributed by atoms with Crippen LogP contribution in [0.5, 0.6) is 0 Å². The number of para-hydroxylation sites is 1. The molecule has 0 unspecified atom stereocenters. The number of halogens is 1. The molecule has 0 radical (unpaired) electrons. The van der Waals surface area contributed by atoms with Crippen LogP contribution < -0.4 is 21.5 Å². The van der Waals surface area contributed by atoms with E-state index in [1.165, 1.54) is 28.0 Å². The van der Waals surface area contributed by atoms with E-state index < -0.39 is 11.4 Å². The third kappa shape index (κ3) is 7.35. The number of pyridine rings is 1. The van der Waals surface area contributed by atoms with Gasteiger partial charge < -0.3 is 10.6 Å². The Balaban J connectivity index is 0.00000216. The number of nitrogens with zero attached hydrogens (tertiary/aromatic N) is 4. The second-order valence-electron chi connectivity index (χ2n) is 10.3. The minimum atomic E-state index is -0.531. The monoisotopic (exact) mass is 615 g/mol. The minimum absolute atomic E-state index is 0.137. The second kappa shape index (κ2) is 14.8. The van der Waals surface area contributed by atoms with Crippen LogP contribution in [0.2, 0.25) is 0 Å². The van der Waals surface area contributed by atoms with E-state index in [2.05, 4.69) is 34.8 Å². The van der Waals surface area contributed by atoms with Gasteiger partial charge in [-0.05, 0) is 62.2 Å². The summed E-state index contributed by atoms with van der Waals surface area (Å²) in [6.45, 7) is 13.2. The molecule has 1 amide bonds. The van der Waals surface area contributed by atoms with E-state index in [0.717, 1.165) is 18.5 Å². The Morgan fingerprint density at radius 1 is 1.02 bits per heavy atom. The number of thiazole rings is 1. The number of hydrogen-bond donors (Lipinski definition) is 3. The van der Waals surface area contributed by atoms with E-state index in [1.807, 2.05) is 26.8 Å². The molecule has 5 rings (SSSR count). The Hall–Kier alpha value is -4.48. The van der Waals surface area contributed by atoms with Crippen LogP contribution in [0.15, 0.2) is 64.9 Å². The molecule has 0 spiro atoms. The van der Waals surface area contributed by atoms with Crippen LogP contribution in [0, 0.1) is 19.7 Å². The van der Waals surface area contributed by atoms with Crippen molar-refractivity contribution in [2.75, 3.05) is 23.7 Å². The second-order valence-corrected chi connectivity index (χ2v) is 11.2. The van der Waals surface area contributed by atoms with Crippen LogP contribution in [0.3, 0.4) is 0 Å². The van der Waals surface area contributed by atoms with E-state index >= 15 is 4.39 Å². The lowest BCUT2D eigenvalue weighted by Gasteiger charge is -2.17. The maximum Gasteiger partial charge on any atom is 0.257 e. The largest absolute Gasteiger partial charge is 0.354 e. The van der Waals surface area contributed by atoms with Gasteiger partial charge in [0.15, 0.2) is 10.8 Å². The molecule has 230 valence electrons. The highest BCUT2D eigenvalue weighted by Crippen LogP contribution is 2.32. The summed E-state index contributed by atoms with van der Waals surface area (Å²) in [5, 5.41) is 12.3. The van der Waals surface area contributed by atoms with Gasteiger partial charge in [0.1, 0.15) is 5.82 Å². The first-order chi connectivity index (χ1) is 21.2. The van der Waals surface area contributed by atoms with Crippen molar-refractivity contribution < 1.29 is 9.18 Å². The molecule has 44 heavy (non-hydrogen) atoms. The minimum Gasteiger partial charge on any atom is -0.354 e. The lowest BCUT2D eigenvalue weighted by molar-refractivity contribution is 0.102. The summed E-state index contributed by atoms with van der Waals surface area (Å²) < 4.78 is 16.5. The number of carbonyl (C=O) groups is 1. The van der Waals surface area contributed by atoms with E-state index in [4.69, 9.17) is 9.97 Å². The average molecular weight is 616 g/mol. The van der Waals surface area contributed by atoms with Crippen molar-refractivity contribution in [2.24, 2.45) is 0 Å². The number of fused-ring (bicyclic) bond motifs is 1. The molecule has 3 N–H and O–H groups in total. The standard InChI is InChI=1S/C31H32FN7O2S.C2H6/c1-18(2)33-13-6-14-34-30-36-26(23-17-21(10-9-19(23)3)29(41)38-31-35-15-16-42-31)22-11-12-25(40)39(28(22)37-30)27-20(4)7-5-8-24(27)32;1-2/h5,7-12,15-18,33H,6,13-14H2,1-4H3,(H,34,36,37)(H,35,38,41);1-2H3. The summed E-state index contributed by atoms with van der Waals surface area (Å²) in [6, 6.07) is 13.4. The van der Waals surface area contributed by atoms with E-state index in [9.17, 15) is 9.59 Å². The molecule has 0 saturated carbocycles. The topological polar surface area (TPSA) is 114 Å². The van der Waals surface area contributed by atoms with Crippen LogP contribution in [-0.4, -0.2) is 44.6 Å². The number of benzene rings is 2. The molecule has 0 saturated heterocycles. The Kier molecular flexibility index (Phi) is 10.9. The van der Waals surface area contributed by atoms with Crippen molar-refractivity contribution >= 4 is 39.4 Å². The first kappa shape index (κ1) is 32.4. The number of amides is 1. The number of rotatable bonds is 10. The predicted octanol–water partition coefficient (Wildman–Crippen LogP) is 6.74. The van der Waals surface area contributed by atoms with Gasteiger partial charge in [0, 0.05) is 46.7 Å². The molecule has 0 atom stereocenters. The first-order valence-electron chi connectivity index (χ1n) is 14.7. The van der Waals surface area contributed by atoms with Gasteiger partial charge in [-0.15, -0.1) is 11.3 Å². The molecule has 11 heteroatoms. The van der Waals surface area contributed by atoms with Crippen LogP contribution in [0.4, 0.5) is 15.5 Å². The number of anilines is 2. The number of aromatic nitrogens is 4. The maximum absolute atomic E-state index is 15.2. The highest BCUT2D eigenvalue weighted by Gasteiger charge is 2.20. The van der Waals surface area contributed by atoms with Crippen molar-refractivity contribution in [3.63, 3.8) is 0 Å². The fraction of sp³-hybridized carbons (Fsp3) is 0.303. The van der Waals surface area contributed by atoms with Gasteiger partial charge >= 0.3 is 0 Å². The van der Waals surface area contributed by atoms with Gasteiger partial charge in [-0.1, -0.05) is 45.9 Å². The third-order valence-corrected chi connectivity index (χ3v) is 7.45. The molecule has 2 aromatic carbocycles. The molecule has 0 fully saturated rings. The quantitative estimate of drug-likeness (QED) is 0.149. The van der Waals surface area contributed by atoms with E-state index in [-0.39, 0.29) is 17.2 Å². The predicted molar refractivity (Wildman–Crippen MR) is 178 cm³/mol. The molecule has 0 aliphatic carbocycles. The smallest absolute Gasteiger partial charge is 0.257 e. The maximum atomic E-state index is 15.2. The van der Waals surface area contributed by atoms with Gasteiger partial charge in [-0.25, -0.2) is 14.4 Å². The summed E-state index contributed by atoms with van der Waals surface area (Å²) in [5.74, 6) is -0.539. The molecule has 3 aromatic heterocycles. The Labute approximate surface area is 260 Å². The molecular weight excluding hydrogens is 577 g/mol. The van der Waals surface area contributed by atoms with Crippen molar-refractivity contribution in [3.8, 4) is 16.9 Å². The van der Waals surface area contributed by atoms with E-state index in [0.29, 0.717) is 51.4 Å². The van der Waals surface area contributed by atoms with Gasteiger partial charge in [0.05, 0.1) is 11.4 Å². The van der Waals surface area contributed by atoms with Gasteiger partial charge in [-0.3, -0.25) is 19.5 Å². The van der Waals surface area contributed by atoms with Gasteiger partial charge in [0.2, 0.25) is 5.95 Å². The molecule has 0 aliphatic rings. The molecule has 5 aromatic rings. The van der Waals surface area contributed by atoms with E-state index in [1.54, 1.807) is 48.8 Å². The summed E-state index contributed by atoms with van der Waals surface area (Å²) >= 11 is 1.33. The Morgan fingerprint density at radius 3 is 2.52 bits per heavy atom. The fourth-order valence-corrected chi connectivity index (χ4v) is 5.20. The summed E-state index contributed by atoms with van der Waals surface area (Å²) in [5.41, 5.74) is 3.08. The van der Waals surface area contributed by atoms with Crippen LogP contribution >= 0.6 is 11.3 Å². The third-order valence-electron chi connectivity index (χ3n) is 6.76. The van der Waals surface area contributed by atoms with Crippen LogP contribution in [0.25, 0.3) is 28.0 Å². The number of carbonyl (C=O) groups excluding carboxylic acids is 1. The highest BCUT2D eigenvalue weighted by molar-refractivity contribution is 7.13. The Morgan fingerprint density at radius 2 is 1.82 bits per heavy atom. The lowest BCUT2D eigenvalue weighted by atomic mass is 9.99. The van der Waals surface area contributed by atoms with Gasteiger partial charge in [0.25, 0.3) is 11.5 Å². The molecule has 9 nitrogen and oxygen atoms in total. The summed E-state index contributed by atoms with van der Waals surface area (Å²) in [7, 11) is 0. The number of nitrogens with one attached hydrogen (secondary N) is 3. The summed E-state index contributed by atoms with van der Waals surface area (Å²) in [6.07, 6.45) is 2.44. The zero-order valence-corrected chi connectivity index (χ0v) is 26.7. The van der Waals surface area contributed by atoms with Crippen LogP contribution in [0.1, 0.15) is 55.6 Å². The number of hydrogen-bond acceptors (Lipinski definition) is 8. The van der Waals surface area contributed by atoms with Gasteiger partial charge in [-0.2, -0.15) is 4.98 Å². The fourth-order valence-electron chi connectivity index (χ4n) is 4.67. The van der Waals surface area contributed by atoms with Crippen LogP contribution in [-0.2, 0) is 0 Å². The normalized spacial score (nSPS) is 10.9. The molecular formula is C33H38FN7O2S. The average Bonchev–Trinajstić information content (AvgIpc) is 3.51. The molecule has 0 aliphatic heterocycles. The van der Waals surface area contributed by atoms with Crippen molar-refractivity contribution in [3.05, 3.63) is 93.0 Å². The SMILES string of the molecule is CC.Cc1ccc(C(=O)Nc2nccs2)cc1-c1nc(NCCCNC(C)C)nc2c1ccc(=O)n2-c1c(C)cccc1F. The first-order valence-corrected chi connectivity index (χ1v) is 15.6. The molecule has 3 heterocycles. The molecule has 0 bridgehead atoms. The Bertz CT molecular complexity index is 1780.